The quantitative estimate of drug-likeness (QED) is 0.649. The van der Waals surface area contributed by atoms with Crippen molar-refractivity contribution in [3.05, 3.63) is 57.0 Å². The fourth-order valence-electron chi connectivity index (χ4n) is 1.69. The minimum atomic E-state index is -0.613. The molecule has 0 aliphatic heterocycles. The van der Waals surface area contributed by atoms with Gasteiger partial charge in [-0.1, -0.05) is 29.8 Å². The van der Waals surface area contributed by atoms with E-state index in [0.29, 0.717) is 15.7 Å². The third-order valence-corrected chi connectivity index (χ3v) is 3.73. The molecular weight excluding hydrogens is 363 g/mol. The Kier molecular flexibility index (Phi) is 5.14. The second-order valence-electron chi connectivity index (χ2n) is 4.09. The largest absolute Gasteiger partial charge is 0.464 e. The van der Waals surface area contributed by atoms with Crippen molar-refractivity contribution in [3.63, 3.8) is 0 Å². The highest BCUT2D eigenvalue weighted by molar-refractivity contribution is 9.10. The summed E-state index contributed by atoms with van der Waals surface area (Å²) < 4.78 is 18.6. The molecule has 1 heterocycles. The van der Waals surface area contributed by atoms with Gasteiger partial charge in [0.05, 0.1) is 17.3 Å². The van der Waals surface area contributed by atoms with Crippen molar-refractivity contribution in [2.75, 3.05) is 12.4 Å². The van der Waals surface area contributed by atoms with Gasteiger partial charge in [0.2, 0.25) is 0 Å². The number of benzene rings is 1. The fourth-order valence-corrected chi connectivity index (χ4v) is 2.39. The number of hydrogen-bond acceptors (Lipinski definition) is 4. The number of carbonyl (C=O) groups is 1. The molecule has 0 fully saturated rings. The number of nitrogens with zero attached hydrogens (tertiary/aromatic N) is 1. The Morgan fingerprint density at radius 3 is 2.86 bits per heavy atom. The van der Waals surface area contributed by atoms with Crippen LogP contribution >= 0.6 is 27.5 Å². The lowest BCUT2D eigenvalue weighted by molar-refractivity contribution is 0.0593. The number of carbonyl (C=O) groups excluding carboxylic acids is 1. The number of pyridine rings is 1. The van der Waals surface area contributed by atoms with Crippen LogP contribution in [0.5, 0.6) is 0 Å². The number of nitrogens with one attached hydrogen (secondary N) is 1. The Labute approximate surface area is 134 Å². The Balaban J connectivity index is 2.26. The summed E-state index contributed by atoms with van der Waals surface area (Å²) in [5.74, 6) is -0.923. The maximum Gasteiger partial charge on any atom is 0.357 e. The van der Waals surface area contributed by atoms with Crippen molar-refractivity contribution in [2.45, 2.75) is 6.54 Å². The van der Waals surface area contributed by atoms with Crippen molar-refractivity contribution in [3.8, 4) is 0 Å². The van der Waals surface area contributed by atoms with Gasteiger partial charge in [-0.25, -0.2) is 14.2 Å². The third kappa shape index (κ3) is 3.71. The zero-order chi connectivity index (χ0) is 15.4. The molecule has 0 radical (unpaired) electrons. The summed E-state index contributed by atoms with van der Waals surface area (Å²) in [5, 5.41) is 3.15. The SMILES string of the molecule is COC(=O)c1nc(Cl)cc(NCc2ccccc2F)c1Br. The average molecular weight is 374 g/mol. The van der Waals surface area contributed by atoms with Gasteiger partial charge in [0.25, 0.3) is 0 Å². The normalized spacial score (nSPS) is 10.3. The molecule has 0 saturated carbocycles. The first-order valence-electron chi connectivity index (χ1n) is 5.94. The summed E-state index contributed by atoms with van der Waals surface area (Å²) in [6.07, 6.45) is 0. The maximum absolute atomic E-state index is 13.6. The van der Waals surface area contributed by atoms with E-state index in [-0.39, 0.29) is 23.2 Å². The molecule has 0 atom stereocenters. The molecule has 7 heteroatoms. The molecule has 1 aromatic heterocycles. The Bertz CT molecular complexity index is 682. The zero-order valence-electron chi connectivity index (χ0n) is 11.0. The zero-order valence-corrected chi connectivity index (χ0v) is 13.3. The van der Waals surface area contributed by atoms with E-state index < -0.39 is 5.97 Å². The molecule has 0 aliphatic carbocycles. The van der Waals surface area contributed by atoms with Crippen molar-refractivity contribution in [2.24, 2.45) is 0 Å². The molecule has 4 nitrogen and oxygen atoms in total. The van der Waals surface area contributed by atoms with Gasteiger partial charge in [0.1, 0.15) is 11.0 Å². The molecule has 0 aliphatic rings. The average Bonchev–Trinajstić information content (AvgIpc) is 2.48. The number of rotatable bonds is 4. The highest BCUT2D eigenvalue weighted by atomic mass is 79.9. The van der Waals surface area contributed by atoms with E-state index in [4.69, 9.17) is 11.6 Å². The number of anilines is 1. The van der Waals surface area contributed by atoms with Gasteiger partial charge in [-0.2, -0.15) is 0 Å². The maximum atomic E-state index is 13.6. The lowest BCUT2D eigenvalue weighted by Crippen LogP contribution is -2.09. The van der Waals surface area contributed by atoms with E-state index in [0.717, 1.165) is 0 Å². The highest BCUT2D eigenvalue weighted by Crippen LogP contribution is 2.29. The van der Waals surface area contributed by atoms with Gasteiger partial charge in [-0.3, -0.25) is 0 Å². The summed E-state index contributed by atoms with van der Waals surface area (Å²) in [6.45, 7) is 0.242. The molecule has 0 amide bonds. The molecule has 21 heavy (non-hydrogen) atoms. The van der Waals surface area contributed by atoms with E-state index in [1.54, 1.807) is 24.3 Å². The van der Waals surface area contributed by atoms with Crippen molar-refractivity contribution < 1.29 is 13.9 Å². The molecule has 110 valence electrons. The second kappa shape index (κ2) is 6.87. The molecule has 2 aromatic rings. The van der Waals surface area contributed by atoms with Crippen LogP contribution in [0.4, 0.5) is 10.1 Å². The molecule has 0 bridgehead atoms. The standard InChI is InChI=1S/C14H11BrClFN2O2/c1-21-14(20)13-12(15)10(6-11(16)19-13)18-7-8-4-2-3-5-9(8)17/h2-6H,7H2,1H3,(H,18,19). The first-order valence-corrected chi connectivity index (χ1v) is 7.11. The molecule has 2 rings (SSSR count). The second-order valence-corrected chi connectivity index (χ2v) is 5.27. The number of halogens is 3. The van der Waals surface area contributed by atoms with Gasteiger partial charge in [0, 0.05) is 12.1 Å². The first-order chi connectivity index (χ1) is 10.0. The highest BCUT2D eigenvalue weighted by Gasteiger charge is 2.17. The van der Waals surface area contributed by atoms with Crippen molar-refractivity contribution in [1.82, 2.24) is 4.98 Å². The minimum absolute atomic E-state index is 0.0565. The van der Waals surface area contributed by atoms with Crippen LogP contribution in [0, 0.1) is 5.82 Å². The molecule has 0 saturated heterocycles. The van der Waals surface area contributed by atoms with Crippen LogP contribution in [0.1, 0.15) is 16.1 Å². The summed E-state index contributed by atoms with van der Waals surface area (Å²) >= 11 is 9.15. The third-order valence-electron chi connectivity index (χ3n) is 2.73. The smallest absolute Gasteiger partial charge is 0.357 e. The van der Waals surface area contributed by atoms with Crippen molar-refractivity contribution in [1.29, 1.82) is 0 Å². The van der Waals surface area contributed by atoms with Crippen LogP contribution in [0.2, 0.25) is 5.15 Å². The molecule has 0 unspecified atom stereocenters. The lowest BCUT2D eigenvalue weighted by Gasteiger charge is -2.12. The Morgan fingerprint density at radius 2 is 2.19 bits per heavy atom. The molecule has 1 aromatic carbocycles. The van der Waals surface area contributed by atoms with E-state index in [1.807, 2.05) is 0 Å². The van der Waals surface area contributed by atoms with Gasteiger partial charge >= 0.3 is 5.97 Å². The fraction of sp³-hybridized carbons (Fsp3) is 0.143. The predicted molar refractivity (Wildman–Crippen MR) is 82.0 cm³/mol. The number of methoxy groups -OCH3 is 1. The predicted octanol–water partition coefficient (Wildman–Crippen LogP) is 4.04. The van der Waals surface area contributed by atoms with Crippen LogP contribution in [0.15, 0.2) is 34.8 Å². The topological polar surface area (TPSA) is 51.2 Å². The first kappa shape index (κ1) is 15.7. The van der Waals surface area contributed by atoms with E-state index in [2.05, 4.69) is 31.0 Å². The van der Waals surface area contributed by atoms with E-state index in [1.165, 1.54) is 13.2 Å². The van der Waals surface area contributed by atoms with Crippen LogP contribution in [0.25, 0.3) is 0 Å². The summed E-state index contributed by atoms with van der Waals surface area (Å²) in [7, 11) is 1.25. The van der Waals surface area contributed by atoms with Crippen LogP contribution in [-0.4, -0.2) is 18.1 Å². The summed E-state index contributed by atoms with van der Waals surface area (Å²) in [5.41, 5.74) is 1.08. The Hall–Kier alpha value is -1.66. The minimum Gasteiger partial charge on any atom is -0.464 e. The van der Waals surface area contributed by atoms with E-state index >= 15 is 0 Å². The summed E-state index contributed by atoms with van der Waals surface area (Å²) in [6, 6.07) is 7.95. The van der Waals surface area contributed by atoms with Crippen LogP contribution < -0.4 is 5.32 Å². The molecule has 0 spiro atoms. The van der Waals surface area contributed by atoms with Gasteiger partial charge in [-0.15, -0.1) is 0 Å². The molecular formula is C14H11BrClFN2O2. The van der Waals surface area contributed by atoms with Crippen molar-refractivity contribution >= 4 is 39.2 Å². The number of esters is 1. The van der Waals surface area contributed by atoms with Crippen LogP contribution in [-0.2, 0) is 11.3 Å². The Morgan fingerprint density at radius 1 is 1.48 bits per heavy atom. The van der Waals surface area contributed by atoms with Gasteiger partial charge < -0.3 is 10.1 Å². The van der Waals surface area contributed by atoms with E-state index in [9.17, 15) is 9.18 Å². The monoisotopic (exact) mass is 372 g/mol. The molecule has 1 N–H and O–H groups in total. The van der Waals surface area contributed by atoms with Crippen LogP contribution in [0.3, 0.4) is 0 Å². The van der Waals surface area contributed by atoms with Gasteiger partial charge in [-0.05, 0) is 28.1 Å². The number of ether oxygens (including phenoxy) is 1. The lowest BCUT2D eigenvalue weighted by atomic mass is 10.2. The summed E-state index contributed by atoms with van der Waals surface area (Å²) in [4.78, 5) is 15.5. The number of hydrogen-bond donors (Lipinski definition) is 1. The number of aromatic nitrogens is 1. The van der Waals surface area contributed by atoms with Gasteiger partial charge in [0.15, 0.2) is 5.69 Å².